The molecule has 0 aliphatic carbocycles. The van der Waals surface area contributed by atoms with Crippen LogP contribution in [-0.4, -0.2) is 44.3 Å². The number of nitrogens with one attached hydrogen (secondary N) is 1. The van der Waals surface area contributed by atoms with E-state index in [2.05, 4.69) is 5.32 Å². The van der Waals surface area contributed by atoms with Gasteiger partial charge in [-0.15, -0.1) is 0 Å². The van der Waals surface area contributed by atoms with Gasteiger partial charge in [0.2, 0.25) is 0 Å². The second-order valence-electron chi connectivity index (χ2n) is 5.09. The molecule has 1 aromatic rings. The quantitative estimate of drug-likeness (QED) is 0.661. The van der Waals surface area contributed by atoms with Crippen LogP contribution in [-0.2, 0) is 14.3 Å². The molecular weight excluding hydrogens is 320 g/mol. The van der Waals surface area contributed by atoms with Crippen molar-refractivity contribution in [3.63, 3.8) is 0 Å². The summed E-state index contributed by atoms with van der Waals surface area (Å²) in [7, 11) is 3.12. The lowest BCUT2D eigenvalue weighted by Crippen LogP contribution is -2.46. The Bertz CT molecular complexity index is 645. The largest absolute Gasteiger partial charge is 0.460 e. The van der Waals surface area contributed by atoms with Crippen LogP contribution < -0.4 is 5.32 Å². The lowest BCUT2D eigenvalue weighted by atomic mass is 9.95. The number of benzene rings is 1. The summed E-state index contributed by atoms with van der Waals surface area (Å²) in [5, 5.41) is 3.26. The number of hydrogen-bond acceptors (Lipinski definition) is 4. The third-order valence-electron chi connectivity index (χ3n) is 3.71. The van der Waals surface area contributed by atoms with Crippen molar-refractivity contribution in [1.82, 2.24) is 10.2 Å². The number of carbonyl (C=O) groups excluding carboxylic acids is 2. The van der Waals surface area contributed by atoms with Crippen molar-refractivity contribution in [2.75, 3.05) is 27.4 Å². The topological polar surface area (TPSA) is 67.9 Å². The fourth-order valence-electron chi connectivity index (χ4n) is 2.34. The van der Waals surface area contributed by atoms with E-state index in [0.717, 1.165) is 0 Å². The van der Waals surface area contributed by atoms with Crippen LogP contribution in [0.25, 0.3) is 0 Å². The normalized spacial score (nSPS) is 18.0. The minimum atomic E-state index is -0.651. The maximum Gasteiger partial charge on any atom is 0.338 e. The molecular formula is C16H19ClN2O4. The number of esters is 1. The standard InChI is InChI=1S/C16H19ClN2O4/c1-10-13(15(20)23-9-8-22-3)14(18-16(21)19(10)2)11-6-4-5-7-12(11)17/h4-7,14H,8-9H2,1-3H3,(H,18,21)/t14-/m0/s1. The monoisotopic (exact) mass is 338 g/mol. The Hall–Kier alpha value is -2.05. The fraction of sp³-hybridized carbons (Fsp3) is 0.375. The lowest BCUT2D eigenvalue weighted by Gasteiger charge is -2.33. The Morgan fingerprint density at radius 2 is 2.04 bits per heavy atom. The first kappa shape index (κ1) is 17.3. The van der Waals surface area contributed by atoms with Gasteiger partial charge in [-0.25, -0.2) is 9.59 Å². The van der Waals surface area contributed by atoms with Crippen LogP contribution in [0, 0.1) is 0 Å². The van der Waals surface area contributed by atoms with E-state index in [1.807, 2.05) is 0 Å². The predicted octanol–water partition coefficient (Wildman–Crippen LogP) is 2.50. The number of ether oxygens (including phenoxy) is 2. The number of rotatable bonds is 5. The number of allylic oxidation sites excluding steroid dienone is 1. The lowest BCUT2D eigenvalue weighted by molar-refractivity contribution is -0.140. The molecule has 1 atom stereocenters. The predicted molar refractivity (Wildman–Crippen MR) is 86.0 cm³/mol. The molecule has 1 heterocycles. The van der Waals surface area contributed by atoms with E-state index in [1.54, 1.807) is 38.2 Å². The zero-order valence-electron chi connectivity index (χ0n) is 13.3. The zero-order valence-corrected chi connectivity index (χ0v) is 14.0. The molecule has 2 amide bonds. The van der Waals surface area contributed by atoms with E-state index in [9.17, 15) is 9.59 Å². The van der Waals surface area contributed by atoms with Gasteiger partial charge in [0, 0.05) is 24.9 Å². The summed E-state index contributed by atoms with van der Waals surface area (Å²) in [5.41, 5.74) is 1.53. The molecule has 0 spiro atoms. The third-order valence-corrected chi connectivity index (χ3v) is 4.05. The summed E-state index contributed by atoms with van der Waals surface area (Å²) >= 11 is 6.23. The smallest absolute Gasteiger partial charge is 0.338 e. The van der Waals surface area contributed by atoms with E-state index in [0.29, 0.717) is 28.5 Å². The number of hydrogen-bond donors (Lipinski definition) is 1. The SMILES string of the molecule is COCCOC(=O)C1=C(C)N(C)C(=O)N[C@H]1c1ccccc1Cl. The average molecular weight is 339 g/mol. The van der Waals surface area contributed by atoms with E-state index < -0.39 is 12.0 Å². The van der Waals surface area contributed by atoms with Crippen molar-refractivity contribution >= 4 is 23.6 Å². The van der Waals surface area contributed by atoms with Gasteiger partial charge in [0.1, 0.15) is 6.61 Å². The van der Waals surface area contributed by atoms with Gasteiger partial charge in [-0.05, 0) is 18.6 Å². The van der Waals surface area contributed by atoms with Crippen molar-refractivity contribution in [2.45, 2.75) is 13.0 Å². The van der Waals surface area contributed by atoms with Gasteiger partial charge in [0.25, 0.3) is 0 Å². The minimum absolute atomic E-state index is 0.138. The zero-order chi connectivity index (χ0) is 17.0. The molecule has 1 aliphatic heterocycles. The number of amides is 2. The first-order valence-electron chi connectivity index (χ1n) is 7.12. The first-order chi connectivity index (χ1) is 11.0. The van der Waals surface area contributed by atoms with Gasteiger partial charge in [-0.3, -0.25) is 0 Å². The Labute approximate surface area is 140 Å². The molecule has 6 nitrogen and oxygen atoms in total. The number of nitrogens with zero attached hydrogens (tertiary/aromatic N) is 1. The van der Waals surface area contributed by atoms with E-state index in [1.165, 1.54) is 12.0 Å². The van der Waals surface area contributed by atoms with Crippen LogP contribution in [0.5, 0.6) is 0 Å². The van der Waals surface area contributed by atoms with Crippen LogP contribution >= 0.6 is 11.6 Å². The molecule has 0 unspecified atom stereocenters. The first-order valence-corrected chi connectivity index (χ1v) is 7.50. The van der Waals surface area contributed by atoms with Crippen molar-refractivity contribution in [1.29, 1.82) is 0 Å². The maximum atomic E-state index is 12.5. The molecule has 23 heavy (non-hydrogen) atoms. The van der Waals surface area contributed by atoms with Gasteiger partial charge in [0.05, 0.1) is 18.2 Å². The summed E-state index contributed by atoms with van der Waals surface area (Å²) in [6.45, 7) is 2.14. The van der Waals surface area contributed by atoms with Crippen LogP contribution in [0.4, 0.5) is 4.79 Å². The molecule has 0 aromatic heterocycles. The number of methoxy groups -OCH3 is 1. The van der Waals surface area contributed by atoms with Crippen molar-refractivity contribution in [3.05, 3.63) is 46.1 Å². The van der Waals surface area contributed by atoms with Crippen LogP contribution in [0.2, 0.25) is 5.02 Å². The van der Waals surface area contributed by atoms with Crippen LogP contribution in [0.15, 0.2) is 35.5 Å². The summed E-state index contributed by atoms with van der Waals surface area (Å²) < 4.78 is 10.1. The third kappa shape index (κ3) is 3.65. The summed E-state index contributed by atoms with van der Waals surface area (Å²) in [6, 6.07) is 6.12. The minimum Gasteiger partial charge on any atom is -0.460 e. The van der Waals surface area contributed by atoms with Crippen molar-refractivity contribution in [2.24, 2.45) is 0 Å². The Morgan fingerprint density at radius 1 is 1.35 bits per heavy atom. The number of halogens is 1. The summed E-state index contributed by atoms with van der Waals surface area (Å²) in [4.78, 5) is 25.9. The van der Waals surface area contributed by atoms with Gasteiger partial charge in [-0.1, -0.05) is 29.8 Å². The molecule has 0 radical (unpaired) electrons. The highest BCUT2D eigenvalue weighted by atomic mass is 35.5. The molecule has 0 fully saturated rings. The molecule has 0 saturated heterocycles. The van der Waals surface area contributed by atoms with Crippen LogP contribution in [0.1, 0.15) is 18.5 Å². The van der Waals surface area contributed by atoms with Gasteiger partial charge in [-0.2, -0.15) is 0 Å². The second kappa shape index (κ2) is 7.48. The average Bonchev–Trinajstić information content (AvgIpc) is 2.53. The van der Waals surface area contributed by atoms with E-state index in [4.69, 9.17) is 21.1 Å². The molecule has 1 N–H and O–H groups in total. The summed E-state index contributed by atoms with van der Waals surface area (Å²) in [5.74, 6) is -0.503. The molecule has 124 valence electrons. The highest BCUT2D eigenvalue weighted by Crippen LogP contribution is 2.34. The maximum absolute atomic E-state index is 12.5. The highest BCUT2D eigenvalue weighted by Gasteiger charge is 2.35. The Balaban J connectivity index is 2.40. The number of urea groups is 1. The Morgan fingerprint density at radius 3 is 2.70 bits per heavy atom. The highest BCUT2D eigenvalue weighted by molar-refractivity contribution is 6.31. The summed E-state index contributed by atoms with van der Waals surface area (Å²) in [6.07, 6.45) is 0. The Kier molecular flexibility index (Phi) is 5.63. The fourth-order valence-corrected chi connectivity index (χ4v) is 2.58. The van der Waals surface area contributed by atoms with Gasteiger partial charge >= 0.3 is 12.0 Å². The molecule has 0 bridgehead atoms. The molecule has 1 aliphatic rings. The molecule has 7 heteroatoms. The van der Waals surface area contributed by atoms with E-state index in [-0.39, 0.29) is 12.6 Å². The molecule has 2 rings (SSSR count). The molecule has 0 saturated carbocycles. The van der Waals surface area contributed by atoms with Gasteiger partial charge < -0.3 is 19.7 Å². The number of carbonyl (C=O) groups is 2. The second-order valence-corrected chi connectivity index (χ2v) is 5.50. The van der Waals surface area contributed by atoms with E-state index >= 15 is 0 Å². The van der Waals surface area contributed by atoms with Crippen molar-refractivity contribution < 1.29 is 19.1 Å². The van der Waals surface area contributed by atoms with Crippen molar-refractivity contribution in [3.8, 4) is 0 Å². The van der Waals surface area contributed by atoms with Crippen LogP contribution in [0.3, 0.4) is 0 Å². The molecule has 1 aromatic carbocycles. The van der Waals surface area contributed by atoms with Gasteiger partial charge in [0.15, 0.2) is 0 Å².